The van der Waals surface area contributed by atoms with E-state index in [9.17, 15) is 19.2 Å². The molecule has 1 fully saturated rings. The molecule has 1 atom stereocenters. The Hall–Kier alpha value is -3.48. The molecule has 7 nitrogen and oxygen atoms in total. The van der Waals surface area contributed by atoms with Gasteiger partial charge in [0.05, 0.1) is 5.92 Å². The van der Waals surface area contributed by atoms with Crippen molar-refractivity contribution in [2.75, 3.05) is 13.1 Å². The van der Waals surface area contributed by atoms with Gasteiger partial charge in [-0.1, -0.05) is 36.4 Å². The van der Waals surface area contributed by atoms with E-state index in [0.717, 1.165) is 5.56 Å². The van der Waals surface area contributed by atoms with E-state index in [1.807, 2.05) is 12.1 Å². The molecule has 2 aromatic carbocycles. The van der Waals surface area contributed by atoms with Crippen LogP contribution >= 0.6 is 0 Å². The van der Waals surface area contributed by atoms with Crippen molar-refractivity contribution < 1.29 is 24.3 Å². The summed E-state index contributed by atoms with van der Waals surface area (Å²) in [6.07, 6.45) is 0.819. The maximum Gasteiger partial charge on any atom is 0.306 e. The van der Waals surface area contributed by atoms with E-state index in [-0.39, 0.29) is 11.7 Å². The van der Waals surface area contributed by atoms with Crippen LogP contribution in [0.3, 0.4) is 0 Å². The third-order valence-electron chi connectivity index (χ3n) is 5.87. The van der Waals surface area contributed by atoms with Crippen LogP contribution in [0.25, 0.3) is 11.1 Å². The fourth-order valence-corrected chi connectivity index (χ4v) is 4.22. The highest BCUT2D eigenvalue weighted by Gasteiger charge is 2.32. The van der Waals surface area contributed by atoms with Gasteiger partial charge in [0.1, 0.15) is 6.04 Å². The molecule has 4 rings (SSSR count). The normalized spacial score (nSPS) is 16.6. The highest BCUT2D eigenvalue weighted by atomic mass is 16.4. The number of likely N-dealkylation sites (tertiary alicyclic amines) is 1. The highest BCUT2D eigenvalue weighted by molar-refractivity contribution is 6.24. The largest absolute Gasteiger partial charge is 0.481 e. The standard InChI is InChI=1S/C23H22N2O5/c1-13(22(28)25-11-9-14(10-12-25)23(29)30)24-21(27)18-8-4-7-17-19(18)15-5-2-3-6-16(15)20(17)26/h2-8,13-14H,9-12H2,1H3,(H,24,27)(H,29,30). The van der Waals surface area contributed by atoms with Gasteiger partial charge in [-0.2, -0.15) is 0 Å². The Labute approximate surface area is 173 Å². The second-order valence-electron chi connectivity index (χ2n) is 7.74. The van der Waals surface area contributed by atoms with Gasteiger partial charge in [-0.05, 0) is 31.4 Å². The Kier molecular flexibility index (Phi) is 5.11. The number of carboxylic acids is 1. The Morgan fingerprint density at radius 1 is 1.00 bits per heavy atom. The first kappa shape index (κ1) is 19.8. The fraction of sp³-hybridized carbons (Fsp3) is 0.304. The predicted octanol–water partition coefficient (Wildman–Crippen LogP) is 2.34. The average molecular weight is 406 g/mol. The number of hydrogen-bond acceptors (Lipinski definition) is 4. The minimum Gasteiger partial charge on any atom is -0.481 e. The number of ketones is 1. The number of piperidine rings is 1. The number of carboxylic acid groups (broad SMARTS) is 1. The summed E-state index contributed by atoms with van der Waals surface area (Å²) in [5.74, 6) is -2.03. The fourth-order valence-electron chi connectivity index (χ4n) is 4.22. The number of rotatable bonds is 4. The highest BCUT2D eigenvalue weighted by Crippen LogP contribution is 2.38. The van der Waals surface area contributed by atoms with Crippen molar-refractivity contribution in [3.63, 3.8) is 0 Å². The number of fused-ring (bicyclic) bond motifs is 3. The summed E-state index contributed by atoms with van der Waals surface area (Å²) in [6, 6.07) is 11.4. The molecule has 0 saturated carbocycles. The van der Waals surface area contributed by atoms with Crippen molar-refractivity contribution in [3.05, 3.63) is 59.2 Å². The SMILES string of the molecule is CC(NC(=O)c1cccc2c1-c1ccccc1C2=O)C(=O)N1CCC(C(=O)O)CC1. The van der Waals surface area contributed by atoms with Crippen molar-refractivity contribution in [2.45, 2.75) is 25.8 Å². The molecule has 1 aliphatic carbocycles. The van der Waals surface area contributed by atoms with Crippen LogP contribution in [0.15, 0.2) is 42.5 Å². The maximum absolute atomic E-state index is 13.0. The van der Waals surface area contributed by atoms with Crippen molar-refractivity contribution in [1.29, 1.82) is 0 Å². The van der Waals surface area contributed by atoms with Crippen molar-refractivity contribution in [1.82, 2.24) is 10.2 Å². The van der Waals surface area contributed by atoms with Crippen LogP contribution in [0.1, 0.15) is 46.0 Å². The minimum atomic E-state index is -0.837. The summed E-state index contributed by atoms with van der Waals surface area (Å²) in [4.78, 5) is 51.0. The summed E-state index contributed by atoms with van der Waals surface area (Å²) in [7, 11) is 0. The number of carbonyl (C=O) groups excluding carboxylic acids is 3. The number of carbonyl (C=O) groups is 4. The van der Waals surface area contributed by atoms with E-state index in [4.69, 9.17) is 5.11 Å². The first-order chi connectivity index (χ1) is 14.4. The molecule has 1 aliphatic heterocycles. The molecule has 1 unspecified atom stereocenters. The van der Waals surface area contributed by atoms with E-state index < -0.39 is 23.8 Å². The molecule has 2 N–H and O–H groups in total. The van der Waals surface area contributed by atoms with Gasteiger partial charge in [0.2, 0.25) is 5.91 Å². The van der Waals surface area contributed by atoms with Gasteiger partial charge in [-0.15, -0.1) is 0 Å². The van der Waals surface area contributed by atoms with Crippen LogP contribution in [0.5, 0.6) is 0 Å². The molecule has 0 aromatic heterocycles. The smallest absolute Gasteiger partial charge is 0.306 e. The van der Waals surface area contributed by atoms with Gasteiger partial charge in [0.15, 0.2) is 5.78 Å². The molecular weight excluding hydrogens is 384 g/mol. The van der Waals surface area contributed by atoms with E-state index in [1.165, 1.54) is 0 Å². The molecule has 0 spiro atoms. The van der Waals surface area contributed by atoms with Gasteiger partial charge in [-0.25, -0.2) is 0 Å². The summed E-state index contributed by atoms with van der Waals surface area (Å²) in [5, 5.41) is 11.8. The Balaban J connectivity index is 1.50. The first-order valence-electron chi connectivity index (χ1n) is 9.98. The minimum absolute atomic E-state index is 0.110. The summed E-state index contributed by atoms with van der Waals surface area (Å²) >= 11 is 0. The summed E-state index contributed by atoms with van der Waals surface area (Å²) in [5.41, 5.74) is 2.72. The van der Waals surface area contributed by atoms with Crippen molar-refractivity contribution in [2.24, 2.45) is 5.92 Å². The zero-order valence-corrected chi connectivity index (χ0v) is 16.6. The molecule has 1 heterocycles. The Morgan fingerprint density at radius 3 is 2.30 bits per heavy atom. The van der Waals surface area contributed by atoms with Gasteiger partial charge in [0.25, 0.3) is 5.91 Å². The third kappa shape index (κ3) is 3.36. The topological polar surface area (TPSA) is 104 Å². The van der Waals surface area contributed by atoms with Crippen LogP contribution in [0, 0.1) is 5.92 Å². The molecule has 154 valence electrons. The second-order valence-corrected chi connectivity index (χ2v) is 7.74. The number of nitrogens with one attached hydrogen (secondary N) is 1. The van der Waals surface area contributed by atoms with E-state index in [1.54, 1.807) is 42.2 Å². The van der Waals surface area contributed by atoms with Crippen LogP contribution in [0.2, 0.25) is 0 Å². The van der Waals surface area contributed by atoms with Crippen LogP contribution in [-0.4, -0.2) is 52.7 Å². The van der Waals surface area contributed by atoms with E-state index in [2.05, 4.69) is 5.32 Å². The van der Waals surface area contributed by atoms with Crippen LogP contribution in [0.4, 0.5) is 0 Å². The van der Waals surface area contributed by atoms with Crippen LogP contribution in [-0.2, 0) is 9.59 Å². The summed E-state index contributed by atoms with van der Waals surface area (Å²) < 4.78 is 0. The monoisotopic (exact) mass is 406 g/mol. The molecule has 2 aromatic rings. The molecular formula is C23H22N2O5. The van der Waals surface area contributed by atoms with Gasteiger partial charge in [0, 0.05) is 35.3 Å². The first-order valence-corrected chi connectivity index (χ1v) is 9.98. The molecule has 0 radical (unpaired) electrons. The lowest BCUT2D eigenvalue weighted by molar-refractivity contribution is -0.146. The van der Waals surface area contributed by atoms with Gasteiger partial charge >= 0.3 is 5.97 Å². The quantitative estimate of drug-likeness (QED) is 0.692. The molecule has 2 amide bonds. The molecule has 2 aliphatic rings. The number of benzene rings is 2. The lowest BCUT2D eigenvalue weighted by Gasteiger charge is -2.32. The average Bonchev–Trinajstić information content (AvgIpc) is 3.06. The lowest BCUT2D eigenvalue weighted by Crippen LogP contribution is -2.50. The molecule has 30 heavy (non-hydrogen) atoms. The molecule has 1 saturated heterocycles. The Morgan fingerprint density at radius 2 is 1.63 bits per heavy atom. The maximum atomic E-state index is 13.0. The number of amides is 2. The number of nitrogens with zero attached hydrogens (tertiary/aromatic N) is 1. The molecule has 7 heteroatoms. The van der Waals surface area contributed by atoms with Gasteiger partial charge in [-0.3, -0.25) is 19.2 Å². The zero-order chi connectivity index (χ0) is 21.4. The summed E-state index contributed by atoms with van der Waals surface area (Å²) in [6.45, 7) is 2.34. The molecule has 0 bridgehead atoms. The predicted molar refractivity (Wildman–Crippen MR) is 109 cm³/mol. The number of aliphatic carboxylic acids is 1. The number of hydrogen-bond donors (Lipinski definition) is 2. The van der Waals surface area contributed by atoms with E-state index in [0.29, 0.717) is 48.2 Å². The Bertz CT molecular complexity index is 1050. The lowest BCUT2D eigenvalue weighted by atomic mass is 9.96. The van der Waals surface area contributed by atoms with Crippen molar-refractivity contribution in [3.8, 4) is 11.1 Å². The van der Waals surface area contributed by atoms with Crippen molar-refractivity contribution >= 4 is 23.6 Å². The third-order valence-corrected chi connectivity index (χ3v) is 5.87. The van der Waals surface area contributed by atoms with Gasteiger partial charge < -0.3 is 15.3 Å². The van der Waals surface area contributed by atoms with Crippen LogP contribution < -0.4 is 5.32 Å². The zero-order valence-electron chi connectivity index (χ0n) is 16.6. The second kappa shape index (κ2) is 7.74. The van der Waals surface area contributed by atoms with E-state index >= 15 is 0 Å².